The number of rotatable bonds is 3. The van der Waals surface area contributed by atoms with Crippen LogP contribution in [0.25, 0.3) is 6.08 Å². The molecule has 0 amide bonds. The molecule has 1 atom stereocenters. The van der Waals surface area contributed by atoms with E-state index in [0.29, 0.717) is 4.09 Å². The normalized spacial score (nSPS) is 19.3. The second-order valence-electron chi connectivity index (χ2n) is 3.64. The van der Waals surface area contributed by atoms with E-state index in [-0.39, 0.29) is 20.9 Å². The zero-order chi connectivity index (χ0) is 10.7. The van der Waals surface area contributed by atoms with E-state index in [4.69, 9.17) is 0 Å². The minimum absolute atomic E-state index is 0.0295. The van der Waals surface area contributed by atoms with Gasteiger partial charge >= 0.3 is 102 Å². The van der Waals surface area contributed by atoms with Crippen LogP contribution in [-0.2, 0) is 0 Å². The first kappa shape index (κ1) is 11.2. The Morgan fingerprint density at radius 1 is 1.20 bits per heavy atom. The quantitative estimate of drug-likeness (QED) is 0.775. The van der Waals surface area contributed by atoms with Crippen molar-refractivity contribution in [3.05, 3.63) is 39.5 Å². The van der Waals surface area contributed by atoms with Gasteiger partial charge in [0.25, 0.3) is 0 Å². The van der Waals surface area contributed by atoms with Crippen LogP contribution >= 0.6 is 0 Å². The molecule has 0 spiro atoms. The van der Waals surface area contributed by atoms with Gasteiger partial charge in [0.15, 0.2) is 0 Å². The topological polar surface area (TPSA) is 3.24 Å². The summed E-state index contributed by atoms with van der Waals surface area (Å²) in [4.78, 5) is 2.59. The zero-order valence-corrected chi connectivity index (χ0v) is 11.6. The molecule has 80 valence electrons. The molecule has 0 N–H and O–H groups in total. The van der Waals surface area contributed by atoms with Crippen molar-refractivity contribution in [2.75, 3.05) is 13.1 Å². The van der Waals surface area contributed by atoms with E-state index in [0.717, 1.165) is 13.1 Å². The predicted octanol–water partition coefficient (Wildman–Crippen LogP) is 2.72. The summed E-state index contributed by atoms with van der Waals surface area (Å²) in [5.74, 6) is 0. The van der Waals surface area contributed by atoms with Crippen LogP contribution in [0.2, 0.25) is 0 Å². The van der Waals surface area contributed by atoms with Crippen LogP contribution in [0.5, 0.6) is 0 Å². The average Bonchev–Trinajstić information content (AvgIpc) is 2.31. The van der Waals surface area contributed by atoms with Crippen LogP contribution in [0.3, 0.4) is 0 Å². The summed E-state index contributed by atoms with van der Waals surface area (Å²) in [7, 11) is 0. The van der Waals surface area contributed by atoms with Gasteiger partial charge in [-0.05, 0) is 0 Å². The van der Waals surface area contributed by atoms with Crippen LogP contribution in [0.1, 0.15) is 29.1 Å². The van der Waals surface area contributed by atoms with E-state index in [2.05, 4.69) is 53.2 Å². The second kappa shape index (κ2) is 5.16. The number of benzene rings is 1. The van der Waals surface area contributed by atoms with E-state index in [9.17, 15) is 0 Å². The maximum absolute atomic E-state index is 2.59. The molecule has 0 bridgehead atoms. The maximum atomic E-state index is 2.59. The fourth-order valence-electron chi connectivity index (χ4n) is 1.99. The molecule has 1 aromatic carbocycles. The number of nitrogens with zero attached hydrogens (tertiary/aromatic N) is 1. The Bertz CT molecular complexity index is 355. The third-order valence-corrected chi connectivity index (χ3v) is 6.01. The molecule has 0 saturated heterocycles. The fourth-order valence-corrected chi connectivity index (χ4v) is 5.43. The summed E-state index contributed by atoms with van der Waals surface area (Å²) in [5, 5.41) is 0. The molecule has 2 rings (SSSR count). The van der Waals surface area contributed by atoms with Gasteiger partial charge in [0.05, 0.1) is 0 Å². The van der Waals surface area contributed by atoms with Gasteiger partial charge in [0, 0.05) is 0 Å². The number of fused-ring (bicyclic) bond motifs is 1. The molecule has 1 nitrogen and oxygen atoms in total. The van der Waals surface area contributed by atoms with Crippen molar-refractivity contribution in [3.63, 3.8) is 0 Å². The summed E-state index contributed by atoms with van der Waals surface area (Å²) < 4.78 is 3.14. The monoisotopic (exact) mass is 317 g/mol. The first-order valence-electron chi connectivity index (χ1n) is 5.51. The van der Waals surface area contributed by atoms with E-state index in [1.54, 1.807) is 5.56 Å². The molecule has 1 unspecified atom stereocenters. The number of hydrogen-bond donors (Lipinski definition) is 0. The van der Waals surface area contributed by atoms with E-state index in [1.807, 2.05) is 0 Å². The van der Waals surface area contributed by atoms with Crippen molar-refractivity contribution in [2.45, 2.75) is 17.9 Å². The van der Waals surface area contributed by atoms with E-state index >= 15 is 0 Å². The molecule has 0 aromatic heterocycles. The van der Waals surface area contributed by atoms with Crippen LogP contribution in [0.4, 0.5) is 0 Å². The van der Waals surface area contributed by atoms with Gasteiger partial charge < -0.3 is 0 Å². The Balaban J connectivity index is 2.33. The fraction of sp³-hybridized carbons (Fsp3) is 0.385. The molecule has 1 aromatic rings. The van der Waals surface area contributed by atoms with E-state index in [1.165, 1.54) is 5.56 Å². The van der Waals surface area contributed by atoms with Gasteiger partial charge in [-0.2, -0.15) is 0 Å². The van der Waals surface area contributed by atoms with Crippen molar-refractivity contribution in [1.82, 2.24) is 4.90 Å². The molecule has 15 heavy (non-hydrogen) atoms. The first-order chi connectivity index (χ1) is 7.36. The summed E-state index contributed by atoms with van der Waals surface area (Å²) in [6, 6.07) is 8.83. The van der Waals surface area contributed by atoms with Crippen LogP contribution in [0, 0.1) is 0 Å². The predicted molar refractivity (Wildman–Crippen MR) is 66.9 cm³/mol. The molecule has 2 heteroatoms. The second-order valence-corrected chi connectivity index (χ2v) is 6.47. The molecule has 0 radical (unpaired) electrons. The summed E-state index contributed by atoms with van der Waals surface area (Å²) in [6.45, 7) is 6.84. The Morgan fingerprint density at radius 2 is 1.93 bits per heavy atom. The van der Waals surface area contributed by atoms with Crippen LogP contribution in [0.15, 0.2) is 28.4 Å². The van der Waals surface area contributed by atoms with Gasteiger partial charge in [0.1, 0.15) is 0 Å². The van der Waals surface area contributed by atoms with Crippen LogP contribution in [-0.4, -0.2) is 38.9 Å². The Labute approximate surface area is 102 Å². The van der Waals surface area contributed by atoms with Crippen molar-refractivity contribution in [3.8, 4) is 0 Å². The molecule has 0 aliphatic carbocycles. The molecule has 1 heterocycles. The average molecular weight is 315 g/mol. The van der Waals surface area contributed by atoms with Crippen LogP contribution < -0.4 is 0 Å². The SMILES string of the molecule is CCN(CC)C1[Te]C=Cc2ccccc21. The van der Waals surface area contributed by atoms with Gasteiger partial charge in [0.2, 0.25) is 0 Å². The van der Waals surface area contributed by atoms with Crippen molar-refractivity contribution in [1.29, 1.82) is 0 Å². The first-order valence-corrected chi connectivity index (χ1v) is 8.21. The van der Waals surface area contributed by atoms with Gasteiger partial charge in [-0.1, -0.05) is 0 Å². The third kappa shape index (κ3) is 2.28. The zero-order valence-electron chi connectivity index (χ0n) is 9.31. The molecular formula is C13H17NTe. The molecule has 1 aliphatic heterocycles. The summed E-state index contributed by atoms with van der Waals surface area (Å²) >= 11 is -0.0295. The van der Waals surface area contributed by atoms with E-state index < -0.39 is 0 Å². The molecular weight excluding hydrogens is 298 g/mol. The Hall–Kier alpha value is -0.290. The van der Waals surface area contributed by atoms with Crippen molar-refractivity contribution < 1.29 is 0 Å². The van der Waals surface area contributed by atoms with Gasteiger partial charge in [-0.3, -0.25) is 0 Å². The molecule has 0 saturated carbocycles. The van der Waals surface area contributed by atoms with Gasteiger partial charge in [-0.25, -0.2) is 0 Å². The summed E-state index contributed by atoms with van der Waals surface area (Å²) in [5.41, 5.74) is 2.97. The number of hydrogen-bond acceptors (Lipinski definition) is 1. The van der Waals surface area contributed by atoms with Crippen molar-refractivity contribution in [2.24, 2.45) is 0 Å². The van der Waals surface area contributed by atoms with Crippen molar-refractivity contribution >= 4 is 27.0 Å². The summed E-state index contributed by atoms with van der Waals surface area (Å²) in [6.07, 6.45) is 2.30. The third-order valence-electron chi connectivity index (χ3n) is 2.86. The Morgan fingerprint density at radius 3 is 2.67 bits per heavy atom. The minimum atomic E-state index is -0.0295. The molecule has 1 aliphatic rings. The standard InChI is InChI=1S/C13H17NTe/c1-3-14(4-2)13-12-8-6-5-7-11(12)9-10-15-13/h5-10,13H,3-4H2,1-2H3. The Kier molecular flexibility index (Phi) is 3.86. The molecule has 0 fully saturated rings. The van der Waals surface area contributed by atoms with Gasteiger partial charge in [-0.15, -0.1) is 0 Å².